The van der Waals surface area contributed by atoms with E-state index in [4.69, 9.17) is 5.73 Å². The lowest BCUT2D eigenvalue weighted by molar-refractivity contribution is 0.687. The van der Waals surface area contributed by atoms with E-state index < -0.39 is 0 Å². The predicted molar refractivity (Wildman–Crippen MR) is 59.2 cm³/mol. The first-order valence-electron chi connectivity index (χ1n) is 5.12. The van der Waals surface area contributed by atoms with Gasteiger partial charge in [-0.25, -0.2) is 0 Å². The van der Waals surface area contributed by atoms with Gasteiger partial charge >= 0.3 is 0 Å². The van der Waals surface area contributed by atoms with Gasteiger partial charge in [0.25, 0.3) is 0 Å². The van der Waals surface area contributed by atoms with E-state index in [1.54, 1.807) is 11.1 Å². The second-order valence-electron chi connectivity index (χ2n) is 3.96. The zero-order chi connectivity index (χ0) is 9.26. The molecule has 0 radical (unpaired) electrons. The molecule has 0 amide bonds. The third-order valence-corrected chi connectivity index (χ3v) is 2.98. The van der Waals surface area contributed by atoms with Crippen molar-refractivity contribution in [2.45, 2.75) is 32.2 Å². The zero-order valence-electron chi connectivity index (χ0n) is 8.27. The summed E-state index contributed by atoms with van der Waals surface area (Å²) in [6.45, 7) is 0.675. The van der Waals surface area contributed by atoms with E-state index in [0.29, 0.717) is 6.54 Å². The van der Waals surface area contributed by atoms with Gasteiger partial charge in [0.15, 0.2) is 0 Å². The molecule has 68 valence electrons. The van der Waals surface area contributed by atoms with Crippen molar-refractivity contribution in [3.8, 4) is 0 Å². The van der Waals surface area contributed by atoms with Gasteiger partial charge in [-0.3, -0.25) is 0 Å². The molecule has 0 bridgehead atoms. The highest BCUT2D eigenvalue weighted by Crippen LogP contribution is 2.20. The minimum absolute atomic E-state index is 0.675. The minimum Gasteiger partial charge on any atom is -0.326 e. The van der Waals surface area contributed by atoms with Crippen molar-refractivity contribution < 1.29 is 0 Å². The van der Waals surface area contributed by atoms with Crippen LogP contribution >= 0.6 is 0 Å². The maximum Gasteiger partial charge on any atom is 0.139 e. The quantitative estimate of drug-likeness (QED) is 0.606. The number of aryl methyl sites for hydroxylation is 1. The molecule has 1 aliphatic rings. The van der Waals surface area contributed by atoms with Crippen LogP contribution in [0.25, 0.3) is 0 Å². The highest BCUT2D eigenvalue weighted by molar-refractivity contribution is 6.33. The lowest BCUT2D eigenvalue weighted by Crippen LogP contribution is -2.18. The van der Waals surface area contributed by atoms with Gasteiger partial charge in [-0.2, -0.15) is 0 Å². The molecule has 13 heavy (non-hydrogen) atoms. The summed E-state index contributed by atoms with van der Waals surface area (Å²) in [7, 11) is 2.21. The first kappa shape index (κ1) is 8.83. The Hall–Kier alpha value is -0.755. The second-order valence-corrected chi connectivity index (χ2v) is 3.96. The molecule has 0 unspecified atom stereocenters. The van der Waals surface area contributed by atoms with E-state index >= 15 is 0 Å². The number of rotatable bonds is 1. The fourth-order valence-electron chi connectivity index (χ4n) is 2.29. The number of benzene rings is 1. The molecule has 2 N–H and O–H groups in total. The largest absolute Gasteiger partial charge is 0.326 e. The Labute approximate surface area is 80.7 Å². The monoisotopic (exact) mass is 173 g/mol. The highest BCUT2D eigenvalue weighted by atomic mass is 14.5. The van der Waals surface area contributed by atoms with Gasteiger partial charge in [0.1, 0.15) is 7.85 Å². The highest BCUT2D eigenvalue weighted by Gasteiger charge is 2.11. The van der Waals surface area contributed by atoms with Crippen LogP contribution in [0.3, 0.4) is 0 Å². The molecule has 1 aromatic carbocycles. The van der Waals surface area contributed by atoms with Gasteiger partial charge in [-0.05, 0) is 36.8 Å². The van der Waals surface area contributed by atoms with E-state index in [9.17, 15) is 0 Å². The molecule has 0 saturated carbocycles. The SMILES string of the molecule is Bc1cc(CN)cc2c1CCCC2. The van der Waals surface area contributed by atoms with Crippen molar-refractivity contribution in [3.05, 3.63) is 28.8 Å². The van der Waals surface area contributed by atoms with Crippen molar-refractivity contribution in [1.29, 1.82) is 0 Å². The van der Waals surface area contributed by atoms with Crippen LogP contribution in [-0.4, -0.2) is 7.85 Å². The Balaban J connectivity index is 2.47. The van der Waals surface area contributed by atoms with Crippen LogP contribution < -0.4 is 11.2 Å². The van der Waals surface area contributed by atoms with Crippen LogP contribution in [0.5, 0.6) is 0 Å². The maximum absolute atomic E-state index is 5.65. The molecule has 1 aliphatic carbocycles. The molecular formula is C11H16BN. The molecule has 0 aromatic heterocycles. The van der Waals surface area contributed by atoms with Crippen molar-refractivity contribution >= 4 is 13.3 Å². The summed E-state index contributed by atoms with van der Waals surface area (Å²) < 4.78 is 0. The zero-order valence-corrected chi connectivity index (χ0v) is 8.27. The average Bonchev–Trinajstić information content (AvgIpc) is 2.18. The molecule has 0 aliphatic heterocycles. The predicted octanol–water partition coefficient (Wildman–Crippen LogP) is 0.282. The number of nitrogens with two attached hydrogens (primary N) is 1. The normalized spacial score (nSPS) is 15.5. The van der Waals surface area contributed by atoms with E-state index in [1.807, 2.05) is 0 Å². The standard InChI is InChI=1S/C11H16BN/c12-11-6-8(7-13)5-9-3-1-2-4-10(9)11/h5-6H,1-4,7,12-13H2. The topological polar surface area (TPSA) is 26.0 Å². The van der Waals surface area contributed by atoms with Gasteiger partial charge in [0, 0.05) is 6.54 Å². The smallest absolute Gasteiger partial charge is 0.139 e. The van der Waals surface area contributed by atoms with Crippen LogP contribution in [0.15, 0.2) is 12.1 Å². The third kappa shape index (κ3) is 1.64. The summed E-state index contributed by atoms with van der Waals surface area (Å²) in [6, 6.07) is 4.53. The second kappa shape index (κ2) is 3.55. The summed E-state index contributed by atoms with van der Waals surface area (Å²) >= 11 is 0. The first-order valence-corrected chi connectivity index (χ1v) is 5.12. The Morgan fingerprint density at radius 2 is 2.00 bits per heavy atom. The van der Waals surface area contributed by atoms with Crippen molar-refractivity contribution in [3.63, 3.8) is 0 Å². The Morgan fingerprint density at radius 1 is 1.23 bits per heavy atom. The molecule has 0 heterocycles. The maximum atomic E-state index is 5.65. The van der Waals surface area contributed by atoms with Gasteiger partial charge in [0.05, 0.1) is 0 Å². The lowest BCUT2D eigenvalue weighted by Gasteiger charge is -2.19. The van der Waals surface area contributed by atoms with Gasteiger partial charge in [-0.15, -0.1) is 0 Å². The van der Waals surface area contributed by atoms with Crippen molar-refractivity contribution in [2.75, 3.05) is 0 Å². The number of hydrogen-bond acceptors (Lipinski definition) is 1. The summed E-state index contributed by atoms with van der Waals surface area (Å²) in [4.78, 5) is 0. The molecule has 2 heteroatoms. The van der Waals surface area contributed by atoms with Crippen LogP contribution in [0.1, 0.15) is 29.5 Å². The van der Waals surface area contributed by atoms with Crippen LogP contribution in [0, 0.1) is 0 Å². The summed E-state index contributed by atoms with van der Waals surface area (Å²) in [6.07, 6.45) is 5.23. The number of fused-ring (bicyclic) bond motifs is 1. The van der Waals surface area contributed by atoms with Crippen LogP contribution in [0.4, 0.5) is 0 Å². The van der Waals surface area contributed by atoms with E-state index in [0.717, 1.165) is 0 Å². The molecule has 0 atom stereocenters. The average molecular weight is 173 g/mol. The molecule has 0 fully saturated rings. The minimum atomic E-state index is 0.675. The van der Waals surface area contributed by atoms with Gasteiger partial charge < -0.3 is 5.73 Å². The van der Waals surface area contributed by atoms with Crippen LogP contribution in [-0.2, 0) is 19.4 Å². The number of hydrogen-bond donors (Lipinski definition) is 1. The molecule has 0 saturated heterocycles. The van der Waals surface area contributed by atoms with Gasteiger partial charge in [-0.1, -0.05) is 23.2 Å². The molecule has 0 spiro atoms. The Kier molecular flexibility index (Phi) is 2.41. The van der Waals surface area contributed by atoms with Crippen LogP contribution in [0.2, 0.25) is 0 Å². The lowest BCUT2D eigenvalue weighted by atomic mass is 9.80. The molecule has 1 aromatic rings. The summed E-state index contributed by atoms with van der Waals surface area (Å²) in [5, 5.41) is 0. The summed E-state index contributed by atoms with van der Waals surface area (Å²) in [5.74, 6) is 0. The van der Waals surface area contributed by atoms with Crippen molar-refractivity contribution in [1.82, 2.24) is 0 Å². The van der Waals surface area contributed by atoms with Crippen molar-refractivity contribution in [2.24, 2.45) is 5.73 Å². The first-order chi connectivity index (χ1) is 6.31. The Bertz CT molecular complexity index is 320. The van der Waals surface area contributed by atoms with Gasteiger partial charge in [0.2, 0.25) is 0 Å². The molecule has 2 rings (SSSR count). The summed E-state index contributed by atoms with van der Waals surface area (Å²) in [5.41, 5.74) is 11.5. The third-order valence-electron chi connectivity index (χ3n) is 2.98. The van der Waals surface area contributed by atoms with E-state index in [2.05, 4.69) is 20.0 Å². The molecular weight excluding hydrogens is 157 g/mol. The fraction of sp³-hybridized carbons (Fsp3) is 0.455. The Morgan fingerprint density at radius 3 is 2.77 bits per heavy atom. The van der Waals surface area contributed by atoms with E-state index in [1.165, 1.54) is 36.7 Å². The van der Waals surface area contributed by atoms with E-state index in [-0.39, 0.29) is 0 Å². The fourth-order valence-corrected chi connectivity index (χ4v) is 2.29. The molecule has 1 nitrogen and oxygen atoms in total.